The van der Waals surface area contributed by atoms with Gasteiger partial charge in [0.2, 0.25) is 0 Å². The SMILES string of the molecule is CC1SCCC1NCc1cccc(C#N)c1. The fraction of sp³-hybridized carbons (Fsp3) is 0.462. The molecular formula is C13H16N2S. The van der Waals surface area contributed by atoms with Crippen molar-refractivity contribution >= 4 is 11.8 Å². The molecule has 2 atom stereocenters. The number of nitrogens with zero attached hydrogens (tertiary/aromatic N) is 1. The maximum atomic E-state index is 8.81. The lowest BCUT2D eigenvalue weighted by atomic mass is 10.1. The molecule has 2 rings (SSSR count). The van der Waals surface area contributed by atoms with Crippen LogP contribution in [0.3, 0.4) is 0 Å². The normalized spacial score (nSPS) is 24.2. The Kier molecular flexibility index (Phi) is 3.87. The van der Waals surface area contributed by atoms with E-state index in [0.717, 1.165) is 12.1 Å². The Balaban J connectivity index is 1.92. The van der Waals surface area contributed by atoms with Crippen molar-refractivity contribution in [3.8, 4) is 6.07 Å². The Labute approximate surface area is 101 Å². The molecule has 0 aliphatic carbocycles. The van der Waals surface area contributed by atoms with E-state index in [1.165, 1.54) is 17.7 Å². The van der Waals surface area contributed by atoms with Crippen molar-refractivity contribution in [3.05, 3.63) is 35.4 Å². The van der Waals surface area contributed by atoms with E-state index in [2.05, 4.69) is 24.4 Å². The lowest BCUT2D eigenvalue weighted by molar-refractivity contribution is 0.513. The first kappa shape index (κ1) is 11.5. The lowest BCUT2D eigenvalue weighted by Crippen LogP contribution is -2.32. The van der Waals surface area contributed by atoms with Crippen molar-refractivity contribution < 1.29 is 0 Å². The van der Waals surface area contributed by atoms with Crippen molar-refractivity contribution in [2.45, 2.75) is 31.2 Å². The number of nitrogens with one attached hydrogen (secondary N) is 1. The van der Waals surface area contributed by atoms with Crippen LogP contribution < -0.4 is 5.32 Å². The van der Waals surface area contributed by atoms with Gasteiger partial charge in [0.15, 0.2) is 0 Å². The summed E-state index contributed by atoms with van der Waals surface area (Å²) in [5.74, 6) is 1.26. The minimum absolute atomic E-state index is 0.621. The number of thioether (sulfide) groups is 1. The van der Waals surface area contributed by atoms with Gasteiger partial charge in [-0.3, -0.25) is 0 Å². The highest BCUT2D eigenvalue weighted by Gasteiger charge is 2.22. The Morgan fingerprint density at radius 2 is 2.44 bits per heavy atom. The summed E-state index contributed by atoms with van der Waals surface area (Å²) in [6.45, 7) is 3.14. The lowest BCUT2D eigenvalue weighted by Gasteiger charge is -2.16. The average molecular weight is 232 g/mol. The molecule has 0 aromatic heterocycles. The Hall–Kier alpha value is -0.980. The highest BCUT2D eigenvalue weighted by Crippen LogP contribution is 2.26. The van der Waals surface area contributed by atoms with Crippen LogP contribution in [0, 0.1) is 11.3 Å². The smallest absolute Gasteiger partial charge is 0.0991 e. The standard InChI is InChI=1S/C13H16N2S/c1-10-13(5-6-16-10)15-9-12-4-2-3-11(7-12)8-14/h2-4,7,10,13,15H,5-6,9H2,1H3. The molecular weight excluding hydrogens is 216 g/mol. The number of benzene rings is 1. The molecule has 1 aliphatic heterocycles. The van der Waals surface area contributed by atoms with Gasteiger partial charge in [-0.25, -0.2) is 0 Å². The molecule has 0 saturated carbocycles. The maximum absolute atomic E-state index is 8.81. The molecule has 1 heterocycles. The predicted molar refractivity (Wildman–Crippen MR) is 68.3 cm³/mol. The highest BCUT2D eigenvalue weighted by molar-refractivity contribution is 8.00. The molecule has 1 aromatic carbocycles. The fourth-order valence-electron chi connectivity index (χ4n) is 2.00. The van der Waals surface area contributed by atoms with Gasteiger partial charge in [-0.1, -0.05) is 19.1 Å². The van der Waals surface area contributed by atoms with E-state index in [9.17, 15) is 0 Å². The molecule has 3 heteroatoms. The van der Waals surface area contributed by atoms with E-state index < -0.39 is 0 Å². The predicted octanol–water partition coefficient (Wildman–Crippen LogP) is 2.54. The monoisotopic (exact) mass is 232 g/mol. The van der Waals surface area contributed by atoms with E-state index in [1.807, 2.05) is 30.0 Å². The van der Waals surface area contributed by atoms with Gasteiger partial charge < -0.3 is 5.32 Å². The third kappa shape index (κ3) is 2.78. The minimum atomic E-state index is 0.621. The van der Waals surface area contributed by atoms with Gasteiger partial charge in [0.05, 0.1) is 11.6 Å². The first-order chi connectivity index (χ1) is 7.79. The van der Waals surface area contributed by atoms with Gasteiger partial charge in [0, 0.05) is 17.8 Å². The summed E-state index contributed by atoms with van der Waals surface area (Å²) in [4.78, 5) is 0. The van der Waals surface area contributed by atoms with Crippen LogP contribution in [0.5, 0.6) is 0 Å². The first-order valence-electron chi connectivity index (χ1n) is 5.63. The van der Waals surface area contributed by atoms with Crippen molar-refractivity contribution in [2.75, 3.05) is 5.75 Å². The van der Waals surface area contributed by atoms with Crippen LogP contribution >= 0.6 is 11.8 Å². The van der Waals surface area contributed by atoms with Crippen LogP contribution in [0.2, 0.25) is 0 Å². The summed E-state index contributed by atoms with van der Waals surface area (Å²) < 4.78 is 0. The summed E-state index contributed by atoms with van der Waals surface area (Å²) >= 11 is 2.03. The van der Waals surface area contributed by atoms with Gasteiger partial charge in [0.25, 0.3) is 0 Å². The van der Waals surface area contributed by atoms with Gasteiger partial charge in [0.1, 0.15) is 0 Å². The van der Waals surface area contributed by atoms with E-state index in [0.29, 0.717) is 11.3 Å². The summed E-state index contributed by atoms with van der Waals surface area (Å²) in [6.07, 6.45) is 1.25. The molecule has 84 valence electrons. The average Bonchev–Trinajstić information content (AvgIpc) is 2.72. The quantitative estimate of drug-likeness (QED) is 0.870. The molecule has 1 fully saturated rings. The topological polar surface area (TPSA) is 35.8 Å². The molecule has 0 amide bonds. The third-order valence-corrected chi connectivity index (χ3v) is 4.33. The second kappa shape index (κ2) is 5.38. The summed E-state index contributed by atoms with van der Waals surface area (Å²) in [7, 11) is 0. The summed E-state index contributed by atoms with van der Waals surface area (Å²) in [5.41, 5.74) is 1.94. The largest absolute Gasteiger partial charge is 0.309 e. The van der Waals surface area contributed by atoms with Gasteiger partial charge in [-0.2, -0.15) is 17.0 Å². The second-order valence-corrected chi connectivity index (χ2v) is 5.65. The first-order valence-corrected chi connectivity index (χ1v) is 6.68. The molecule has 0 spiro atoms. The molecule has 1 N–H and O–H groups in total. The zero-order valence-electron chi connectivity index (χ0n) is 9.44. The fourth-order valence-corrected chi connectivity index (χ4v) is 3.23. The van der Waals surface area contributed by atoms with Gasteiger partial charge >= 0.3 is 0 Å². The van der Waals surface area contributed by atoms with Crippen molar-refractivity contribution in [1.82, 2.24) is 5.32 Å². The molecule has 0 radical (unpaired) electrons. The molecule has 1 aromatic rings. The van der Waals surface area contributed by atoms with Gasteiger partial charge in [-0.15, -0.1) is 0 Å². The Bertz CT molecular complexity index is 397. The summed E-state index contributed by atoms with van der Waals surface area (Å²) in [5, 5.41) is 13.1. The van der Waals surface area contributed by atoms with E-state index in [-0.39, 0.29) is 0 Å². The highest BCUT2D eigenvalue weighted by atomic mass is 32.2. The van der Waals surface area contributed by atoms with E-state index in [4.69, 9.17) is 5.26 Å². The van der Waals surface area contributed by atoms with Gasteiger partial charge in [-0.05, 0) is 29.9 Å². The van der Waals surface area contributed by atoms with E-state index >= 15 is 0 Å². The maximum Gasteiger partial charge on any atom is 0.0991 e. The summed E-state index contributed by atoms with van der Waals surface area (Å²) in [6, 6.07) is 10.6. The van der Waals surface area contributed by atoms with Crippen LogP contribution in [0.25, 0.3) is 0 Å². The number of hydrogen-bond acceptors (Lipinski definition) is 3. The molecule has 1 saturated heterocycles. The number of rotatable bonds is 3. The van der Waals surface area contributed by atoms with E-state index in [1.54, 1.807) is 0 Å². The van der Waals surface area contributed by atoms with Crippen LogP contribution in [-0.4, -0.2) is 17.0 Å². The van der Waals surface area contributed by atoms with Crippen molar-refractivity contribution in [1.29, 1.82) is 5.26 Å². The second-order valence-electron chi connectivity index (χ2n) is 4.16. The van der Waals surface area contributed by atoms with Crippen LogP contribution in [0.4, 0.5) is 0 Å². The molecule has 16 heavy (non-hydrogen) atoms. The molecule has 0 bridgehead atoms. The minimum Gasteiger partial charge on any atom is -0.309 e. The third-order valence-electron chi connectivity index (χ3n) is 3.00. The van der Waals surface area contributed by atoms with Crippen LogP contribution in [0.1, 0.15) is 24.5 Å². The number of nitriles is 1. The molecule has 2 unspecified atom stereocenters. The van der Waals surface area contributed by atoms with Crippen LogP contribution in [-0.2, 0) is 6.54 Å². The molecule has 1 aliphatic rings. The Morgan fingerprint density at radius 3 is 3.12 bits per heavy atom. The zero-order valence-corrected chi connectivity index (χ0v) is 10.3. The van der Waals surface area contributed by atoms with Crippen LogP contribution in [0.15, 0.2) is 24.3 Å². The molecule has 2 nitrogen and oxygen atoms in total. The van der Waals surface area contributed by atoms with Crippen molar-refractivity contribution in [2.24, 2.45) is 0 Å². The Morgan fingerprint density at radius 1 is 1.56 bits per heavy atom. The number of hydrogen-bond donors (Lipinski definition) is 1. The zero-order chi connectivity index (χ0) is 11.4. The van der Waals surface area contributed by atoms with Crippen molar-refractivity contribution in [3.63, 3.8) is 0 Å².